The first-order chi connectivity index (χ1) is 14.1. The number of aromatic nitrogens is 3. The molecule has 0 spiro atoms. The highest BCUT2D eigenvalue weighted by Crippen LogP contribution is 2.35. The Morgan fingerprint density at radius 1 is 1.03 bits per heavy atom. The number of nitrogens with one attached hydrogen (secondary N) is 1. The average molecular weight is 390 g/mol. The molecule has 6 nitrogen and oxygen atoms in total. The van der Waals surface area contributed by atoms with Gasteiger partial charge in [-0.1, -0.05) is 44.2 Å². The van der Waals surface area contributed by atoms with Crippen LogP contribution in [0.25, 0.3) is 0 Å². The third-order valence-electron chi connectivity index (χ3n) is 5.32. The van der Waals surface area contributed by atoms with Crippen LogP contribution >= 0.6 is 0 Å². The third kappa shape index (κ3) is 3.80. The highest BCUT2D eigenvalue weighted by atomic mass is 16.5. The molecule has 2 atom stereocenters. The van der Waals surface area contributed by atoms with Crippen LogP contribution in [0.4, 0.5) is 5.82 Å². The van der Waals surface area contributed by atoms with Gasteiger partial charge < -0.3 is 15.2 Å². The second-order valence-corrected chi connectivity index (χ2v) is 7.30. The summed E-state index contributed by atoms with van der Waals surface area (Å²) in [5, 5.41) is 14.0. The van der Waals surface area contributed by atoms with Crippen molar-refractivity contribution in [2.45, 2.75) is 52.2 Å². The molecule has 4 rings (SSSR count). The average Bonchev–Trinajstić information content (AvgIpc) is 3.05. The van der Waals surface area contributed by atoms with E-state index in [-0.39, 0.29) is 6.04 Å². The molecule has 0 radical (unpaired) electrons. The molecule has 1 aliphatic carbocycles. The largest absolute Gasteiger partial charge is 0.418 e. The number of aryl methyl sites for hydroxylation is 3. The van der Waals surface area contributed by atoms with E-state index < -0.39 is 6.10 Å². The first-order valence-corrected chi connectivity index (χ1v) is 10.1. The van der Waals surface area contributed by atoms with Crippen molar-refractivity contribution in [2.75, 3.05) is 5.32 Å². The maximum Gasteiger partial charge on any atom is 0.243 e. The summed E-state index contributed by atoms with van der Waals surface area (Å²) in [5.74, 6) is 1.73. The molecule has 0 unspecified atom stereocenters. The fraction of sp³-hybridized carbons (Fsp3) is 0.348. The zero-order valence-electron chi connectivity index (χ0n) is 17.0. The van der Waals surface area contributed by atoms with E-state index in [9.17, 15) is 5.11 Å². The van der Waals surface area contributed by atoms with Gasteiger partial charge in [-0.3, -0.25) is 0 Å². The standard InChI is InChI=1S/C23H26N4O2/c1-4-17-21(27-20-16-11-7-6-10-15(16)13-19(20)28)25-18(5-2)23(26-17)29-22-14(3)9-8-12-24-22/h6-12,19-20,28H,4-5,13H2,1-3H3,(H,25,27)/t19-,20+/m0/s1. The number of rotatable bonds is 6. The number of ether oxygens (including phenoxy) is 1. The predicted octanol–water partition coefficient (Wildman–Crippen LogP) is 4.17. The lowest BCUT2D eigenvalue weighted by molar-refractivity contribution is 0.165. The molecule has 3 aromatic rings. The van der Waals surface area contributed by atoms with Gasteiger partial charge in [0.05, 0.1) is 17.8 Å². The minimum atomic E-state index is -0.490. The van der Waals surface area contributed by atoms with Crippen LogP contribution in [0.5, 0.6) is 11.8 Å². The fourth-order valence-corrected chi connectivity index (χ4v) is 3.73. The Morgan fingerprint density at radius 2 is 1.83 bits per heavy atom. The molecule has 0 saturated carbocycles. The summed E-state index contributed by atoms with van der Waals surface area (Å²) in [6.45, 7) is 6.02. The molecule has 0 saturated heterocycles. The number of aliphatic hydroxyl groups excluding tert-OH is 1. The van der Waals surface area contributed by atoms with Gasteiger partial charge in [0.1, 0.15) is 11.5 Å². The molecule has 29 heavy (non-hydrogen) atoms. The Hall–Kier alpha value is -2.99. The molecule has 0 fully saturated rings. The molecule has 0 aliphatic heterocycles. The highest BCUT2D eigenvalue weighted by molar-refractivity contribution is 5.50. The van der Waals surface area contributed by atoms with E-state index in [0.717, 1.165) is 22.5 Å². The summed E-state index contributed by atoms with van der Waals surface area (Å²) in [4.78, 5) is 13.9. The van der Waals surface area contributed by atoms with Crippen molar-refractivity contribution < 1.29 is 9.84 Å². The van der Waals surface area contributed by atoms with Crippen molar-refractivity contribution in [1.82, 2.24) is 15.0 Å². The second kappa shape index (κ2) is 8.17. The van der Waals surface area contributed by atoms with E-state index in [1.165, 1.54) is 5.56 Å². The first kappa shape index (κ1) is 19.3. The van der Waals surface area contributed by atoms with Gasteiger partial charge in [-0.15, -0.1) is 0 Å². The molecule has 6 heteroatoms. The van der Waals surface area contributed by atoms with E-state index in [2.05, 4.69) is 22.4 Å². The maximum atomic E-state index is 10.6. The van der Waals surface area contributed by atoms with Crippen LogP contribution in [0.2, 0.25) is 0 Å². The number of benzene rings is 1. The van der Waals surface area contributed by atoms with Gasteiger partial charge >= 0.3 is 0 Å². The Bertz CT molecular complexity index is 1020. The van der Waals surface area contributed by atoms with Gasteiger partial charge in [0, 0.05) is 18.2 Å². The minimum absolute atomic E-state index is 0.194. The van der Waals surface area contributed by atoms with Gasteiger partial charge in [0.25, 0.3) is 0 Å². The lowest BCUT2D eigenvalue weighted by Gasteiger charge is -2.21. The van der Waals surface area contributed by atoms with E-state index >= 15 is 0 Å². The number of anilines is 1. The number of hydrogen-bond donors (Lipinski definition) is 2. The number of pyridine rings is 1. The van der Waals surface area contributed by atoms with Crippen molar-refractivity contribution in [3.05, 3.63) is 70.7 Å². The fourth-order valence-electron chi connectivity index (χ4n) is 3.73. The minimum Gasteiger partial charge on any atom is -0.418 e. The summed E-state index contributed by atoms with van der Waals surface area (Å²) in [7, 11) is 0. The monoisotopic (exact) mass is 390 g/mol. The Morgan fingerprint density at radius 3 is 2.59 bits per heavy atom. The smallest absolute Gasteiger partial charge is 0.243 e. The van der Waals surface area contributed by atoms with Gasteiger partial charge in [-0.05, 0) is 37.0 Å². The molecule has 0 bridgehead atoms. The quantitative estimate of drug-likeness (QED) is 0.658. The predicted molar refractivity (Wildman–Crippen MR) is 112 cm³/mol. The lowest BCUT2D eigenvalue weighted by atomic mass is 10.1. The SMILES string of the molecule is CCc1nc(Oc2ncccc2C)c(CC)nc1N[C@@H]1c2ccccc2C[C@@H]1O. The molecular weight excluding hydrogens is 364 g/mol. The molecule has 150 valence electrons. The summed E-state index contributed by atoms with van der Waals surface area (Å²) < 4.78 is 6.01. The molecule has 2 heterocycles. The Kier molecular flexibility index (Phi) is 5.45. The van der Waals surface area contributed by atoms with E-state index in [1.54, 1.807) is 6.20 Å². The number of nitrogens with zero attached hydrogens (tertiary/aromatic N) is 3. The Balaban J connectivity index is 1.67. The van der Waals surface area contributed by atoms with Crippen molar-refractivity contribution in [1.29, 1.82) is 0 Å². The summed E-state index contributed by atoms with van der Waals surface area (Å²) in [5.41, 5.74) is 4.80. The van der Waals surface area contributed by atoms with Crippen LogP contribution in [0, 0.1) is 6.92 Å². The molecular formula is C23H26N4O2. The summed E-state index contributed by atoms with van der Waals surface area (Å²) in [6, 6.07) is 11.8. The van der Waals surface area contributed by atoms with Gasteiger partial charge in [0.2, 0.25) is 11.8 Å². The van der Waals surface area contributed by atoms with Gasteiger partial charge in [-0.2, -0.15) is 0 Å². The van der Waals surface area contributed by atoms with Crippen LogP contribution in [-0.2, 0) is 19.3 Å². The highest BCUT2D eigenvalue weighted by Gasteiger charge is 2.31. The summed E-state index contributed by atoms with van der Waals surface area (Å²) >= 11 is 0. The zero-order valence-corrected chi connectivity index (χ0v) is 17.0. The topological polar surface area (TPSA) is 80.2 Å². The van der Waals surface area contributed by atoms with Crippen LogP contribution in [0.1, 0.15) is 48.0 Å². The number of hydrogen-bond acceptors (Lipinski definition) is 6. The maximum absolute atomic E-state index is 10.6. The van der Waals surface area contributed by atoms with Gasteiger partial charge in [0.15, 0.2) is 0 Å². The molecule has 1 aliphatic rings. The van der Waals surface area contributed by atoms with Crippen molar-refractivity contribution in [2.24, 2.45) is 0 Å². The van der Waals surface area contributed by atoms with Crippen LogP contribution < -0.4 is 10.1 Å². The number of aliphatic hydroxyl groups is 1. The van der Waals surface area contributed by atoms with E-state index in [1.807, 2.05) is 45.0 Å². The van der Waals surface area contributed by atoms with Gasteiger partial charge in [-0.25, -0.2) is 15.0 Å². The van der Waals surface area contributed by atoms with Crippen LogP contribution in [-0.4, -0.2) is 26.2 Å². The third-order valence-corrected chi connectivity index (χ3v) is 5.32. The number of fused-ring (bicyclic) bond motifs is 1. The van der Waals surface area contributed by atoms with Crippen molar-refractivity contribution in [3.8, 4) is 11.8 Å². The van der Waals surface area contributed by atoms with Crippen LogP contribution in [0.3, 0.4) is 0 Å². The van der Waals surface area contributed by atoms with E-state index in [4.69, 9.17) is 14.7 Å². The molecule has 2 N–H and O–H groups in total. The van der Waals surface area contributed by atoms with Crippen molar-refractivity contribution >= 4 is 5.82 Å². The lowest BCUT2D eigenvalue weighted by Crippen LogP contribution is -2.23. The molecule has 2 aromatic heterocycles. The molecule has 1 aromatic carbocycles. The Labute approximate surface area is 171 Å². The first-order valence-electron chi connectivity index (χ1n) is 10.1. The normalized spacial score (nSPS) is 17.8. The summed E-state index contributed by atoms with van der Waals surface area (Å²) in [6.07, 6.45) is 3.23. The molecule has 0 amide bonds. The van der Waals surface area contributed by atoms with Crippen molar-refractivity contribution in [3.63, 3.8) is 0 Å². The zero-order chi connectivity index (χ0) is 20.4. The van der Waals surface area contributed by atoms with E-state index in [0.29, 0.717) is 36.8 Å². The van der Waals surface area contributed by atoms with Crippen LogP contribution in [0.15, 0.2) is 42.6 Å². The second-order valence-electron chi connectivity index (χ2n) is 7.30.